The number of fused-ring (bicyclic) bond motifs is 2. The van der Waals surface area contributed by atoms with Crippen LogP contribution in [0.25, 0.3) is 0 Å². The Balaban J connectivity index is 1.10. The second-order valence-corrected chi connectivity index (χ2v) is 8.75. The number of hydrogen-bond acceptors (Lipinski definition) is 4. The van der Waals surface area contributed by atoms with Gasteiger partial charge in [-0.2, -0.15) is 0 Å². The third kappa shape index (κ3) is 2.32. The van der Waals surface area contributed by atoms with Crippen LogP contribution in [0.15, 0.2) is 0 Å². The number of amides is 3. The molecule has 1 spiro atoms. The summed E-state index contributed by atoms with van der Waals surface area (Å²) in [7, 11) is 0. The Kier molecular flexibility index (Phi) is 3.17. The Hall–Kier alpha value is -1.34. The molecule has 3 saturated heterocycles. The molecule has 2 N–H and O–H groups in total. The lowest BCUT2D eigenvalue weighted by atomic mass is 9.60. The lowest BCUT2D eigenvalue weighted by molar-refractivity contribution is -0.132. The zero-order valence-corrected chi connectivity index (χ0v) is 14.0. The van der Waals surface area contributed by atoms with Gasteiger partial charge in [-0.1, -0.05) is 0 Å². The van der Waals surface area contributed by atoms with Crippen LogP contribution in [0.2, 0.25) is 0 Å². The van der Waals surface area contributed by atoms with Crippen molar-refractivity contribution in [1.82, 2.24) is 20.2 Å². The van der Waals surface area contributed by atoms with Gasteiger partial charge in [-0.3, -0.25) is 10.0 Å². The number of carbonyl (C=O) groups excluding carboxylic acids is 2. The molecule has 24 heavy (non-hydrogen) atoms. The summed E-state index contributed by atoms with van der Waals surface area (Å²) in [5.74, 6) is 0.920. The van der Waals surface area contributed by atoms with Crippen LogP contribution in [-0.4, -0.2) is 76.3 Å². The maximum absolute atomic E-state index is 12.6. The van der Waals surface area contributed by atoms with Crippen LogP contribution in [-0.2, 0) is 4.79 Å². The quantitative estimate of drug-likeness (QED) is 0.740. The number of urea groups is 1. The van der Waals surface area contributed by atoms with Crippen molar-refractivity contribution in [3.05, 3.63) is 0 Å². The zero-order chi connectivity index (χ0) is 16.5. The van der Waals surface area contributed by atoms with Crippen molar-refractivity contribution >= 4 is 11.9 Å². The van der Waals surface area contributed by atoms with Crippen LogP contribution < -0.4 is 5.32 Å². The van der Waals surface area contributed by atoms with E-state index in [1.807, 2.05) is 0 Å². The predicted octanol–water partition coefficient (Wildman–Crippen LogP) is 0.635. The second-order valence-electron chi connectivity index (χ2n) is 8.75. The fraction of sp³-hybridized carbons (Fsp3) is 0.882. The van der Waals surface area contributed by atoms with Gasteiger partial charge in [0.15, 0.2) is 0 Å². The highest BCUT2D eigenvalue weighted by molar-refractivity contribution is 5.88. The molecule has 3 amide bonds. The normalized spacial score (nSPS) is 35.1. The summed E-state index contributed by atoms with van der Waals surface area (Å²) in [5.41, 5.74) is 0.454. The monoisotopic (exact) mass is 334 g/mol. The van der Waals surface area contributed by atoms with Crippen molar-refractivity contribution < 1.29 is 14.8 Å². The molecule has 5 fully saturated rings. The van der Waals surface area contributed by atoms with Gasteiger partial charge in [0.25, 0.3) is 0 Å². The molecule has 2 aliphatic carbocycles. The van der Waals surface area contributed by atoms with E-state index in [0.29, 0.717) is 24.8 Å². The fourth-order valence-corrected chi connectivity index (χ4v) is 5.26. The maximum atomic E-state index is 12.6. The lowest BCUT2D eigenvalue weighted by Crippen LogP contribution is -2.67. The average Bonchev–Trinajstić information content (AvgIpc) is 3.29. The van der Waals surface area contributed by atoms with Crippen LogP contribution in [0.1, 0.15) is 38.5 Å². The first-order chi connectivity index (χ1) is 11.5. The molecule has 132 valence electrons. The molecule has 0 aromatic rings. The van der Waals surface area contributed by atoms with E-state index in [4.69, 9.17) is 0 Å². The van der Waals surface area contributed by atoms with E-state index in [1.165, 1.54) is 37.4 Å². The molecule has 3 heterocycles. The Labute approximate surface area is 141 Å². The van der Waals surface area contributed by atoms with Gasteiger partial charge in [-0.05, 0) is 49.9 Å². The highest BCUT2D eigenvalue weighted by Crippen LogP contribution is 2.49. The zero-order valence-electron chi connectivity index (χ0n) is 14.0. The summed E-state index contributed by atoms with van der Waals surface area (Å²) in [6.45, 7) is 4.14. The molecule has 0 aromatic carbocycles. The molecular formula is C17H26N4O3. The molecule has 5 rings (SSSR count). The summed E-state index contributed by atoms with van der Waals surface area (Å²) in [6, 6.07) is -0.699. The van der Waals surface area contributed by atoms with Crippen molar-refractivity contribution in [2.75, 3.05) is 26.2 Å². The number of rotatable bonds is 4. The van der Waals surface area contributed by atoms with Crippen molar-refractivity contribution in [3.8, 4) is 0 Å². The molecular weight excluding hydrogens is 308 g/mol. The minimum absolute atomic E-state index is 0.0360. The van der Waals surface area contributed by atoms with Gasteiger partial charge in [0.05, 0.1) is 6.04 Å². The van der Waals surface area contributed by atoms with Crippen LogP contribution in [0.4, 0.5) is 4.79 Å². The molecule has 0 radical (unpaired) electrons. The van der Waals surface area contributed by atoms with Gasteiger partial charge in [0.1, 0.15) is 6.04 Å². The van der Waals surface area contributed by atoms with Crippen molar-refractivity contribution in [1.29, 1.82) is 0 Å². The fourth-order valence-electron chi connectivity index (χ4n) is 5.26. The first kappa shape index (κ1) is 15.0. The molecule has 7 nitrogen and oxygen atoms in total. The largest absolute Gasteiger partial charge is 0.352 e. The molecule has 0 aromatic heterocycles. The Morgan fingerprint density at radius 2 is 1.96 bits per heavy atom. The number of hydrogen-bond donors (Lipinski definition) is 2. The molecule has 3 aliphatic heterocycles. The molecule has 0 unspecified atom stereocenters. The van der Waals surface area contributed by atoms with E-state index < -0.39 is 12.1 Å². The maximum Gasteiger partial charge on any atom is 0.344 e. The SMILES string of the molecule is O=C(NC1CC2(C1)CN(CC1CC1)C2)[C@@H]1CC[C@@H]2CN1C(=O)N2O. The summed E-state index contributed by atoms with van der Waals surface area (Å²) in [6.07, 6.45) is 6.31. The first-order valence-electron chi connectivity index (χ1n) is 9.34. The second kappa shape index (κ2) is 5.08. The number of piperidine rings is 1. The van der Waals surface area contributed by atoms with Gasteiger partial charge >= 0.3 is 6.03 Å². The average molecular weight is 334 g/mol. The highest BCUT2D eigenvalue weighted by atomic mass is 16.5. The van der Waals surface area contributed by atoms with Gasteiger partial charge in [-0.15, -0.1) is 0 Å². The third-order valence-electron chi connectivity index (χ3n) is 6.68. The van der Waals surface area contributed by atoms with Crippen LogP contribution in [0.5, 0.6) is 0 Å². The molecule has 2 bridgehead atoms. The van der Waals surface area contributed by atoms with E-state index in [-0.39, 0.29) is 18.0 Å². The standard InChI is InChI=1S/C17H26N4O3/c22-15(14-4-3-13-8-20(14)16(23)21(13)24)18-12-5-17(6-12)9-19(10-17)7-11-1-2-11/h11-14,24H,1-10H2,(H,18,22)/t13-,14+/m1/s1. The lowest BCUT2D eigenvalue weighted by Gasteiger charge is -2.59. The molecule has 5 aliphatic rings. The summed E-state index contributed by atoms with van der Waals surface area (Å²) in [5, 5.41) is 13.7. The summed E-state index contributed by atoms with van der Waals surface area (Å²) < 4.78 is 0. The van der Waals surface area contributed by atoms with Crippen LogP contribution in [0, 0.1) is 11.3 Å². The highest BCUT2D eigenvalue weighted by Gasteiger charge is 2.54. The third-order valence-corrected chi connectivity index (χ3v) is 6.68. The van der Waals surface area contributed by atoms with Crippen molar-refractivity contribution in [2.24, 2.45) is 11.3 Å². The Morgan fingerprint density at radius 3 is 2.67 bits per heavy atom. The van der Waals surface area contributed by atoms with E-state index in [0.717, 1.165) is 23.8 Å². The van der Waals surface area contributed by atoms with E-state index in [1.54, 1.807) is 0 Å². The number of carbonyl (C=O) groups is 2. The van der Waals surface area contributed by atoms with Gasteiger partial charge in [0.2, 0.25) is 5.91 Å². The minimum atomic E-state index is -0.419. The Morgan fingerprint density at radius 1 is 1.21 bits per heavy atom. The Bertz CT molecular complexity index is 564. The molecule has 7 heteroatoms. The van der Waals surface area contributed by atoms with E-state index in [2.05, 4.69) is 10.2 Å². The van der Waals surface area contributed by atoms with Crippen LogP contribution in [0.3, 0.4) is 0 Å². The van der Waals surface area contributed by atoms with Gasteiger partial charge in [0, 0.05) is 32.2 Å². The first-order valence-corrected chi connectivity index (χ1v) is 9.34. The molecule has 2 atom stereocenters. The van der Waals surface area contributed by atoms with E-state index >= 15 is 0 Å². The van der Waals surface area contributed by atoms with Gasteiger partial charge in [-0.25, -0.2) is 9.86 Å². The van der Waals surface area contributed by atoms with Gasteiger partial charge < -0.3 is 15.1 Å². The predicted molar refractivity (Wildman–Crippen MR) is 85.3 cm³/mol. The summed E-state index contributed by atoms with van der Waals surface area (Å²) >= 11 is 0. The number of nitrogens with one attached hydrogen (secondary N) is 1. The topological polar surface area (TPSA) is 76.1 Å². The number of nitrogens with zero attached hydrogens (tertiary/aromatic N) is 3. The smallest absolute Gasteiger partial charge is 0.344 e. The number of likely N-dealkylation sites (tertiary alicyclic amines) is 1. The minimum Gasteiger partial charge on any atom is -0.352 e. The summed E-state index contributed by atoms with van der Waals surface area (Å²) in [4.78, 5) is 28.6. The van der Waals surface area contributed by atoms with Crippen molar-refractivity contribution in [3.63, 3.8) is 0 Å². The van der Waals surface area contributed by atoms with Crippen LogP contribution >= 0.6 is 0 Å². The van der Waals surface area contributed by atoms with E-state index in [9.17, 15) is 14.8 Å². The molecule has 2 saturated carbocycles. The number of hydroxylamine groups is 2. The van der Waals surface area contributed by atoms with Crippen molar-refractivity contribution in [2.45, 2.75) is 56.7 Å².